The van der Waals surface area contributed by atoms with Gasteiger partial charge in [0, 0.05) is 21.8 Å². The Bertz CT molecular complexity index is 1430. The van der Waals surface area contributed by atoms with Gasteiger partial charge in [0.2, 0.25) is 5.75 Å². The van der Waals surface area contributed by atoms with Crippen molar-refractivity contribution in [1.29, 1.82) is 5.26 Å². The molecule has 0 radical (unpaired) electrons. The maximum absolute atomic E-state index is 13.0. The number of nitrogens with one attached hydrogen (secondary N) is 1. The number of nitro benzene ring substituents is 1. The van der Waals surface area contributed by atoms with Crippen LogP contribution in [0.3, 0.4) is 0 Å². The number of nitrogens with zero attached hydrogens (tertiary/aromatic N) is 2. The first-order valence-electron chi connectivity index (χ1n) is 10.2. The lowest BCUT2D eigenvalue weighted by molar-refractivity contribution is -0.385. The fourth-order valence-corrected chi connectivity index (χ4v) is 3.53. The third-order valence-corrected chi connectivity index (χ3v) is 5.69. The van der Waals surface area contributed by atoms with E-state index in [0.717, 1.165) is 17.2 Å². The van der Waals surface area contributed by atoms with Crippen molar-refractivity contribution in [3.8, 4) is 17.6 Å². The Balaban J connectivity index is 2.00. The minimum Gasteiger partial charge on any atom is -0.449 e. The molecule has 1 amide bonds. The van der Waals surface area contributed by atoms with Crippen molar-refractivity contribution in [2.24, 2.45) is 0 Å². The number of halogens is 4. The number of benzene rings is 3. The number of alkyl halides is 3. The number of ether oxygens (including phenoxy) is 1. The molecule has 0 aliphatic rings. The highest BCUT2D eigenvalue weighted by molar-refractivity contribution is 9.10. The SMILES string of the molecule is Cc1cccc(NC(=O)/C(C#N)=C/c2cc(Br)ccc2Oc2ccc(C(F)(F)F)cc2[N+](=O)[O-])c1C. The number of carbonyl (C=O) groups excluding carboxylic acids is 1. The normalized spacial score (nSPS) is 11.5. The summed E-state index contributed by atoms with van der Waals surface area (Å²) in [6.45, 7) is 3.69. The molecule has 0 saturated carbocycles. The Morgan fingerprint density at radius 1 is 1.14 bits per heavy atom. The zero-order valence-electron chi connectivity index (χ0n) is 18.8. The summed E-state index contributed by atoms with van der Waals surface area (Å²) in [5.74, 6) is -1.16. The molecule has 0 atom stereocenters. The van der Waals surface area contributed by atoms with Crippen LogP contribution in [0, 0.1) is 35.3 Å². The molecule has 0 saturated heterocycles. The van der Waals surface area contributed by atoms with E-state index in [9.17, 15) is 33.3 Å². The molecule has 0 aliphatic carbocycles. The zero-order chi connectivity index (χ0) is 26.6. The summed E-state index contributed by atoms with van der Waals surface area (Å²) in [4.78, 5) is 23.2. The van der Waals surface area contributed by atoms with Gasteiger partial charge in [-0.1, -0.05) is 28.1 Å². The highest BCUT2D eigenvalue weighted by atomic mass is 79.9. The summed E-state index contributed by atoms with van der Waals surface area (Å²) in [6.07, 6.45) is -3.56. The molecule has 3 aromatic carbocycles. The number of rotatable bonds is 6. The van der Waals surface area contributed by atoms with Gasteiger partial charge in [-0.2, -0.15) is 18.4 Å². The van der Waals surface area contributed by atoms with E-state index >= 15 is 0 Å². The zero-order valence-corrected chi connectivity index (χ0v) is 20.4. The molecule has 3 rings (SSSR count). The highest BCUT2D eigenvalue weighted by Crippen LogP contribution is 2.39. The Labute approximate surface area is 212 Å². The molecule has 1 N–H and O–H groups in total. The first-order valence-corrected chi connectivity index (χ1v) is 11.0. The van der Waals surface area contributed by atoms with E-state index in [4.69, 9.17) is 4.74 Å². The molecule has 0 unspecified atom stereocenters. The van der Waals surface area contributed by atoms with E-state index < -0.39 is 34.0 Å². The van der Waals surface area contributed by atoms with Gasteiger partial charge in [-0.3, -0.25) is 14.9 Å². The molecule has 184 valence electrons. The molecular weight excluding hydrogens is 543 g/mol. The monoisotopic (exact) mass is 559 g/mol. The Morgan fingerprint density at radius 3 is 2.47 bits per heavy atom. The molecule has 0 heterocycles. The lowest BCUT2D eigenvalue weighted by Gasteiger charge is -2.13. The van der Waals surface area contributed by atoms with Gasteiger partial charge in [-0.15, -0.1) is 0 Å². The Hall–Kier alpha value is -4.17. The molecule has 0 bridgehead atoms. The predicted molar refractivity (Wildman–Crippen MR) is 130 cm³/mol. The van der Waals surface area contributed by atoms with Crippen molar-refractivity contribution in [3.63, 3.8) is 0 Å². The standard InChI is InChI=1S/C25H17BrF3N3O4/c1-14-4-3-5-20(15(14)2)31-24(33)17(13-30)10-16-11-19(26)7-9-22(16)36-23-8-6-18(25(27,28)29)12-21(23)32(34)35/h3-12H,1-2H3,(H,31,33)/b17-10+. The van der Waals surface area contributed by atoms with E-state index in [1.807, 2.05) is 26.0 Å². The van der Waals surface area contributed by atoms with Crippen LogP contribution in [0.1, 0.15) is 22.3 Å². The number of nitriles is 1. The molecule has 0 spiro atoms. The third kappa shape index (κ3) is 6.09. The number of nitro groups is 1. The Morgan fingerprint density at radius 2 is 1.83 bits per heavy atom. The van der Waals surface area contributed by atoms with Crippen molar-refractivity contribution in [2.75, 3.05) is 5.32 Å². The van der Waals surface area contributed by atoms with Crippen molar-refractivity contribution < 1.29 is 27.6 Å². The van der Waals surface area contributed by atoms with Crippen LogP contribution in [0.15, 0.2) is 64.6 Å². The van der Waals surface area contributed by atoms with Crippen LogP contribution in [0.25, 0.3) is 6.08 Å². The average Bonchev–Trinajstić information content (AvgIpc) is 2.81. The summed E-state index contributed by atoms with van der Waals surface area (Å²) in [7, 11) is 0. The summed E-state index contributed by atoms with van der Waals surface area (Å²) in [6, 6.07) is 13.4. The third-order valence-electron chi connectivity index (χ3n) is 5.19. The van der Waals surface area contributed by atoms with Crippen LogP contribution in [-0.2, 0) is 11.0 Å². The van der Waals surface area contributed by atoms with Crippen LogP contribution < -0.4 is 10.1 Å². The van der Waals surface area contributed by atoms with E-state index in [2.05, 4.69) is 21.2 Å². The number of anilines is 1. The van der Waals surface area contributed by atoms with E-state index in [-0.39, 0.29) is 16.9 Å². The number of hydrogen-bond acceptors (Lipinski definition) is 5. The highest BCUT2D eigenvalue weighted by Gasteiger charge is 2.33. The van der Waals surface area contributed by atoms with Crippen molar-refractivity contribution in [2.45, 2.75) is 20.0 Å². The van der Waals surface area contributed by atoms with Crippen LogP contribution in [-0.4, -0.2) is 10.8 Å². The van der Waals surface area contributed by atoms with Crippen LogP contribution in [0.5, 0.6) is 11.5 Å². The van der Waals surface area contributed by atoms with Crippen LogP contribution in [0.2, 0.25) is 0 Å². The fourth-order valence-electron chi connectivity index (χ4n) is 3.15. The van der Waals surface area contributed by atoms with Gasteiger partial charge in [-0.25, -0.2) is 0 Å². The summed E-state index contributed by atoms with van der Waals surface area (Å²) in [5.41, 5.74) is 0.0859. The molecule has 11 heteroatoms. The lowest BCUT2D eigenvalue weighted by Crippen LogP contribution is -2.14. The van der Waals surface area contributed by atoms with Crippen molar-refractivity contribution >= 4 is 39.3 Å². The number of carbonyl (C=O) groups is 1. The fraction of sp³-hybridized carbons (Fsp3) is 0.120. The Kier molecular flexibility index (Phi) is 7.80. The average molecular weight is 560 g/mol. The lowest BCUT2D eigenvalue weighted by atomic mass is 10.1. The molecule has 36 heavy (non-hydrogen) atoms. The van der Waals surface area contributed by atoms with E-state index in [1.165, 1.54) is 24.3 Å². The minimum absolute atomic E-state index is 0.0201. The van der Waals surface area contributed by atoms with Crippen LogP contribution in [0.4, 0.5) is 24.5 Å². The largest absolute Gasteiger partial charge is 0.449 e. The quantitative estimate of drug-likeness (QED) is 0.147. The molecule has 0 aliphatic heterocycles. The smallest absolute Gasteiger partial charge is 0.416 e. The molecule has 3 aromatic rings. The molecule has 0 aromatic heterocycles. The summed E-state index contributed by atoms with van der Waals surface area (Å²) in [5, 5.41) is 23.7. The number of hydrogen-bond donors (Lipinski definition) is 1. The van der Waals surface area contributed by atoms with Gasteiger partial charge < -0.3 is 10.1 Å². The van der Waals surface area contributed by atoms with Crippen molar-refractivity contribution in [1.82, 2.24) is 0 Å². The summed E-state index contributed by atoms with van der Waals surface area (Å²) >= 11 is 3.27. The predicted octanol–water partition coefficient (Wildman–Crippen LogP) is 7.33. The van der Waals surface area contributed by atoms with Gasteiger partial charge in [0.25, 0.3) is 5.91 Å². The van der Waals surface area contributed by atoms with E-state index in [0.29, 0.717) is 22.3 Å². The maximum atomic E-state index is 13.0. The first kappa shape index (κ1) is 26.4. The second kappa shape index (κ2) is 10.6. The van der Waals surface area contributed by atoms with Gasteiger partial charge >= 0.3 is 11.9 Å². The van der Waals surface area contributed by atoms with Gasteiger partial charge in [0.15, 0.2) is 0 Å². The van der Waals surface area contributed by atoms with Gasteiger partial charge in [0.1, 0.15) is 17.4 Å². The summed E-state index contributed by atoms with van der Waals surface area (Å²) < 4.78 is 45.2. The molecule has 7 nitrogen and oxygen atoms in total. The van der Waals surface area contributed by atoms with Crippen LogP contribution >= 0.6 is 15.9 Å². The minimum atomic E-state index is -4.78. The number of amides is 1. The second-order valence-electron chi connectivity index (χ2n) is 7.59. The van der Waals surface area contributed by atoms with Gasteiger partial charge in [-0.05, 0) is 67.4 Å². The molecular formula is C25H17BrF3N3O4. The topological polar surface area (TPSA) is 105 Å². The van der Waals surface area contributed by atoms with Gasteiger partial charge in [0.05, 0.1) is 10.5 Å². The van der Waals surface area contributed by atoms with Crippen molar-refractivity contribution in [3.05, 3.63) is 97.0 Å². The maximum Gasteiger partial charge on any atom is 0.416 e. The second-order valence-corrected chi connectivity index (χ2v) is 8.51. The molecule has 0 fully saturated rings. The number of aryl methyl sites for hydroxylation is 1. The van der Waals surface area contributed by atoms with E-state index in [1.54, 1.807) is 12.1 Å². The first-order chi connectivity index (χ1) is 16.9.